The van der Waals surface area contributed by atoms with Crippen LogP contribution in [-0.2, 0) is 0 Å². The molecule has 1 aliphatic rings. The molecule has 0 N–H and O–H groups in total. The summed E-state index contributed by atoms with van der Waals surface area (Å²) < 4.78 is 18.5. The summed E-state index contributed by atoms with van der Waals surface area (Å²) in [6, 6.07) is 7.87. The topological polar surface area (TPSA) is 13.1 Å². The maximum atomic E-state index is 13.0. The van der Waals surface area contributed by atoms with Gasteiger partial charge in [0.15, 0.2) is 0 Å². The van der Waals surface area contributed by atoms with Crippen molar-refractivity contribution < 1.29 is 8.81 Å². The molecule has 14 heavy (non-hydrogen) atoms. The van der Waals surface area contributed by atoms with Crippen LogP contribution in [0.2, 0.25) is 0 Å². The lowest BCUT2D eigenvalue weighted by molar-refractivity contribution is 0.469. The molecular weight excluding hydrogens is 179 g/mol. The average molecular weight is 190 g/mol. The third-order valence-corrected chi connectivity index (χ3v) is 2.83. The summed E-state index contributed by atoms with van der Waals surface area (Å²) >= 11 is 0. The molecule has 1 aromatic carbocycles. The summed E-state index contributed by atoms with van der Waals surface area (Å²) in [7, 11) is 0. The monoisotopic (exact) mass is 190 g/mol. The fourth-order valence-electron chi connectivity index (χ4n) is 2.02. The third kappa shape index (κ3) is 1.07. The van der Waals surface area contributed by atoms with E-state index in [1.807, 2.05) is 31.2 Å². The number of rotatable bonds is 1. The van der Waals surface area contributed by atoms with E-state index in [4.69, 9.17) is 4.42 Å². The lowest BCUT2D eigenvalue weighted by atomic mass is 10.1. The van der Waals surface area contributed by atoms with Crippen molar-refractivity contribution in [2.75, 3.05) is 0 Å². The Hall–Kier alpha value is -1.31. The molecule has 1 nitrogen and oxygen atoms in total. The third-order valence-electron chi connectivity index (χ3n) is 2.83. The Kier molecular flexibility index (Phi) is 1.49. The van der Waals surface area contributed by atoms with Gasteiger partial charge in [-0.3, -0.25) is 0 Å². The van der Waals surface area contributed by atoms with E-state index in [9.17, 15) is 4.39 Å². The van der Waals surface area contributed by atoms with E-state index in [1.165, 1.54) is 0 Å². The van der Waals surface area contributed by atoms with Crippen LogP contribution in [-0.4, -0.2) is 6.17 Å². The zero-order valence-electron chi connectivity index (χ0n) is 7.96. The number of benzene rings is 1. The fourth-order valence-corrected chi connectivity index (χ4v) is 2.02. The van der Waals surface area contributed by atoms with Crippen LogP contribution >= 0.6 is 0 Å². The number of alkyl halides is 1. The smallest absolute Gasteiger partial charge is 0.134 e. The van der Waals surface area contributed by atoms with Crippen molar-refractivity contribution in [2.45, 2.75) is 25.4 Å². The van der Waals surface area contributed by atoms with Gasteiger partial charge >= 0.3 is 0 Å². The highest BCUT2D eigenvalue weighted by Gasteiger charge is 2.39. The second-order valence-electron chi connectivity index (χ2n) is 3.97. The first-order valence-electron chi connectivity index (χ1n) is 4.89. The predicted octanol–water partition coefficient (Wildman–Crippen LogP) is 3.57. The minimum absolute atomic E-state index is 0.107. The van der Waals surface area contributed by atoms with E-state index in [-0.39, 0.29) is 5.92 Å². The highest BCUT2D eigenvalue weighted by Crippen LogP contribution is 2.46. The normalized spacial score (nSPS) is 25.6. The minimum atomic E-state index is -0.643. The number of furan rings is 1. The molecule has 2 aromatic rings. The van der Waals surface area contributed by atoms with Gasteiger partial charge in [-0.25, -0.2) is 4.39 Å². The molecule has 1 aliphatic carbocycles. The highest BCUT2D eigenvalue weighted by molar-refractivity contribution is 5.82. The zero-order chi connectivity index (χ0) is 9.71. The molecule has 2 unspecified atom stereocenters. The molecule has 0 amide bonds. The number of halogens is 1. The quantitative estimate of drug-likeness (QED) is 0.670. The van der Waals surface area contributed by atoms with Gasteiger partial charge in [-0.05, 0) is 31.0 Å². The molecule has 1 fully saturated rings. The molecule has 1 heterocycles. The summed E-state index contributed by atoms with van der Waals surface area (Å²) in [6.45, 7) is 1.92. The molecule has 72 valence electrons. The number of hydrogen-bond donors (Lipinski definition) is 0. The Balaban J connectivity index is 2.22. The van der Waals surface area contributed by atoms with Crippen LogP contribution in [0.15, 0.2) is 28.7 Å². The van der Waals surface area contributed by atoms with E-state index in [2.05, 4.69) is 0 Å². The Bertz CT molecular complexity index is 486. The summed E-state index contributed by atoms with van der Waals surface area (Å²) in [4.78, 5) is 0. The van der Waals surface area contributed by atoms with E-state index >= 15 is 0 Å². The SMILES string of the molecule is Cc1cc2c(C3CC3F)cccc2o1. The van der Waals surface area contributed by atoms with Crippen LogP contribution in [0.5, 0.6) is 0 Å². The fraction of sp³-hybridized carbons (Fsp3) is 0.333. The second-order valence-corrected chi connectivity index (χ2v) is 3.97. The van der Waals surface area contributed by atoms with Crippen LogP contribution in [0.4, 0.5) is 4.39 Å². The van der Waals surface area contributed by atoms with E-state index < -0.39 is 6.17 Å². The van der Waals surface area contributed by atoms with Gasteiger partial charge in [-0.1, -0.05) is 12.1 Å². The van der Waals surface area contributed by atoms with Crippen LogP contribution < -0.4 is 0 Å². The summed E-state index contributed by atoms with van der Waals surface area (Å²) in [5.74, 6) is 0.999. The molecule has 0 saturated heterocycles. The van der Waals surface area contributed by atoms with Gasteiger partial charge in [0, 0.05) is 11.3 Å². The minimum Gasteiger partial charge on any atom is -0.461 e. The summed E-state index contributed by atoms with van der Waals surface area (Å²) in [5, 5.41) is 1.08. The predicted molar refractivity (Wildman–Crippen MR) is 53.2 cm³/mol. The van der Waals surface area contributed by atoms with Crippen LogP contribution in [0.1, 0.15) is 23.7 Å². The maximum absolute atomic E-state index is 13.0. The number of aryl methyl sites for hydroxylation is 1. The standard InChI is InChI=1S/C12H11FO/c1-7-5-10-8(9-6-11(9)13)3-2-4-12(10)14-7/h2-5,9,11H,6H2,1H3. The first kappa shape index (κ1) is 8.04. The van der Waals surface area contributed by atoms with Crippen molar-refractivity contribution in [3.63, 3.8) is 0 Å². The van der Waals surface area contributed by atoms with Crippen LogP contribution in [0.3, 0.4) is 0 Å². The van der Waals surface area contributed by atoms with Gasteiger partial charge in [-0.2, -0.15) is 0 Å². The molecule has 0 radical (unpaired) electrons. The van der Waals surface area contributed by atoms with Gasteiger partial charge in [0.05, 0.1) is 0 Å². The van der Waals surface area contributed by atoms with Crippen molar-refractivity contribution in [3.05, 3.63) is 35.6 Å². The van der Waals surface area contributed by atoms with Gasteiger partial charge < -0.3 is 4.42 Å². The Morgan fingerprint density at radius 3 is 2.93 bits per heavy atom. The van der Waals surface area contributed by atoms with Gasteiger partial charge in [0.25, 0.3) is 0 Å². The molecule has 3 rings (SSSR count). The average Bonchev–Trinajstić information content (AvgIpc) is 2.74. The van der Waals surface area contributed by atoms with Crippen molar-refractivity contribution in [2.24, 2.45) is 0 Å². The van der Waals surface area contributed by atoms with Crippen molar-refractivity contribution in [1.29, 1.82) is 0 Å². The largest absolute Gasteiger partial charge is 0.461 e. The van der Waals surface area contributed by atoms with E-state index in [0.717, 1.165) is 22.3 Å². The molecule has 2 atom stereocenters. The second kappa shape index (κ2) is 2.59. The highest BCUT2D eigenvalue weighted by atomic mass is 19.1. The molecular formula is C12H11FO. The number of hydrogen-bond acceptors (Lipinski definition) is 1. The Labute approximate surface area is 81.5 Å². The first-order valence-corrected chi connectivity index (χ1v) is 4.89. The molecule has 0 aliphatic heterocycles. The maximum Gasteiger partial charge on any atom is 0.134 e. The van der Waals surface area contributed by atoms with E-state index in [1.54, 1.807) is 0 Å². The van der Waals surface area contributed by atoms with Crippen molar-refractivity contribution >= 4 is 11.0 Å². The lowest BCUT2D eigenvalue weighted by Crippen LogP contribution is -1.82. The van der Waals surface area contributed by atoms with E-state index in [0.29, 0.717) is 6.42 Å². The molecule has 0 spiro atoms. The van der Waals surface area contributed by atoms with Gasteiger partial charge in [0.2, 0.25) is 0 Å². The Morgan fingerprint density at radius 2 is 2.21 bits per heavy atom. The van der Waals surface area contributed by atoms with Gasteiger partial charge in [0.1, 0.15) is 17.5 Å². The lowest BCUT2D eigenvalue weighted by Gasteiger charge is -1.98. The van der Waals surface area contributed by atoms with Crippen LogP contribution in [0, 0.1) is 6.92 Å². The van der Waals surface area contributed by atoms with Crippen molar-refractivity contribution in [3.8, 4) is 0 Å². The number of fused-ring (bicyclic) bond motifs is 1. The molecule has 1 saturated carbocycles. The van der Waals surface area contributed by atoms with Crippen LogP contribution in [0.25, 0.3) is 11.0 Å². The molecule has 0 bridgehead atoms. The first-order chi connectivity index (χ1) is 6.75. The van der Waals surface area contributed by atoms with Crippen molar-refractivity contribution in [1.82, 2.24) is 0 Å². The summed E-state index contributed by atoms with van der Waals surface area (Å²) in [6.07, 6.45) is 0.0272. The Morgan fingerprint density at radius 1 is 1.43 bits per heavy atom. The molecule has 1 aromatic heterocycles. The van der Waals surface area contributed by atoms with Gasteiger partial charge in [-0.15, -0.1) is 0 Å². The summed E-state index contributed by atoms with van der Waals surface area (Å²) in [5.41, 5.74) is 1.98. The molecule has 2 heteroatoms. The zero-order valence-corrected chi connectivity index (χ0v) is 7.96.